The van der Waals surface area contributed by atoms with Gasteiger partial charge in [0.2, 0.25) is 5.91 Å². The van der Waals surface area contributed by atoms with Gasteiger partial charge in [-0.25, -0.2) is 0 Å². The topological polar surface area (TPSA) is 59.6 Å². The normalized spacial score (nSPS) is 9.95. The highest BCUT2D eigenvalue weighted by molar-refractivity contribution is 9.10. The molecule has 0 radical (unpaired) electrons. The molecule has 5 nitrogen and oxygen atoms in total. The molecule has 0 aliphatic carbocycles. The van der Waals surface area contributed by atoms with E-state index in [2.05, 4.69) is 26.6 Å². The molecule has 0 saturated heterocycles. The maximum atomic E-state index is 12.0. The second-order valence-corrected chi connectivity index (χ2v) is 5.43. The maximum absolute atomic E-state index is 12.0. The highest BCUT2D eigenvalue weighted by Crippen LogP contribution is 2.25. The molecule has 2 aromatic carbocycles. The van der Waals surface area contributed by atoms with Crippen LogP contribution in [0.4, 0.5) is 11.4 Å². The van der Waals surface area contributed by atoms with Crippen molar-refractivity contribution in [1.82, 2.24) is 0 Å². The fraction of sp³-hybridized carbons (Fsp3) is 0.188. The molecule has 6 heteroatoms. The SMILES string of the molecule is COc1cc(NC(=O)CNc2cccc(Br)c2)cc(OC)c1. The molecule has 0 heterocycles. The standard InChI is InChI=1S/C16H17BrN2O3/c1-21-14-7-13(8-15(9-14)22-2)19-16(20)10-18-12-5-3-4-11(17)6-12/h3-9,18H,10H2,1-2H3,(H,19,20). The lowest BCUT2D eigenvalue weighted by Gasteiger charge is -2.11. The molecule has 0 aliphatic rings. The van der Waals surface area contributed by atoms with E-state index < -0.39 is 0 Å². The Hall–Kier alpha value is -2.21. The van der Waals surface area contributed by atoms with E-state index in [9.17, 15) is 4.79 Å². The number of halogens is 1. The molecule has 0 aliphatic heterocycles. The molecule has 2 rings (SSSR count). The lowest BCUT2D eigenvalue weighted by Crippen LogP contribution is -2.21. The first-order valence-corrected chi connectivity index (χ1v) is 7.42. The first kappa shape index (κ1) is 16.2. The minimum absolute atomic E-state index is 0.157. The Morgan fingerprint density at radius 1 is 1.05 bits per heavy atom. The number of hydrogen-bond acceptors (Lipinski definition) is 4. The summed E-state index contributed by atoms with van der Waals surface area (Å²) in [7, 11) is 3.13. The predicted octanol–water partition coefficient (Wildman–Crippen LogP) is 3.52. The Labute approximate surface area is 137 Å². The van der Waals surface area contributed by atoms with Gasteiger partial charge < -0.3 is 20.1 Å². The fourth-order valence-electron chi connectivity index (χ4n) is 1.87. The number of carbonyl (C=O) groups excluding carboxylic acids is 1. The summed E-state index contributed by atoms with van der Waals surface area (Å²) < 4.78 is 11.3. The second kappa shape index (κ2) is 7.70. The number of anilines is 2. The number of hydrogen-bond donors (Lipinski definition) is 2. The van der Waals surface area contributed by atoms with Crippen LogP contribution in [-0.4, -0.2) is 26.7 Å². The molecule has 0 aromatic heterocycles. The van der Waals surface area contributed by atoms with Crippen LogP contribution in [0, 0.1) is 0 Å². The van der Waals surface area contributed by atoms with Crippen LogP contribution in [0.25, 0.3) is 0 Å². The van der Waals surface area contributed by atoms with E-state index in [0.29, 0.717) is 17.2 Å². The van der Waals surface area contributed by atoms with Crippen LogP contribution in [0.2, 0.25) is 0 Å². The van der Waals surface area contributed by atoms with Crippen molar-refractivity contribution in [2.75, 3.05) is 31.4 Å². The first-order chi connectivity index (χ1) is 10.6. The van der Waals surface area contributed by atoms with Crippen LogP contribution in [0.15, 0.2) is 46.9 Å². The van der Waals surface area contributed by atoms with Gasteiger partial charge in [0.1, 0.15) is 11.5 Å². The van der Waals surface area contributed by atoms with Crippen molar-refractivity contribution in [3.63, 3.8) is 0 Å². The van der Waals surface area contributed by atoms with Gasteiger partial charge in [-0.05, 0) is 18.2 Å². The van der Waals surface area contributed by atoms with Crippen molar-refractivity contribution in [3.8, 4) is 11.5 Å². The molecule has 0 bridgehead atoms. The zero-order valence-electron chi connectivity index (χ0n) is 12.4. The average molecular weight is 365 g/mol. The Morgan fingerprint density at radius 2 is 1.73 bits per heavy atom. The maximum Gasteiger partial charge on any atom is 0.243 e. The van der Waals surface area contributed by atoms with Crippen molar-refractivity contribution < 1.29 is 14.3 Å². The average Bonchev–Trinajstić information content (AvgIpc) is 2.52. The first-order valence-electron chi connectivity index (χ1n) is 6.63. The van der Waals surface area contributed by atoms with Gasteiger partial charge in [-0.15, -0.1) is 0 Å². The molecule has 2 N–H and O–H groups in total. The summed E-state index contributed by atoms with van der Waals surface area (Å²) in [5, 5.41) is 5.86. The third-order valence-electron chi connectivity index (χ3n) is 2.91. The molecule has 0 atom stereocenters. The van der Waals surface area contributed by atoms with Crippen molar-refractivity contribution in [2.45, 2.75) is 0 Å². The quantitative estimate of drug-likeness (QED) is 0.823. The van der Waals surface area contributed by atoms with Crippen molar-refractivity contribution in [3.05, 3.63) is 46.9 Å². The smallest absolute Gasteiger partial charge is 0.243 e. The van der Waals surface area contributed by atoms with Crippen molar-refractivity contribution >= 4 is 33.2 Å². The molecule has 116 valence electrons. The van der Waals surface area contributed by atoms with Gasteiger partial charge in [-0.1, -0.05) is 22.0 Å². The van der Waals surface area contributed by atoms with Crippen molar-refractivity contribution in [1.29, 1.82) is 0 Å². The van der Waals surface area contributed by atoms with Crippen LogP contribution >= 0.6 is 15.9 Å². The third kappa shape index (κ3) is 4.66. The minimum atomic E-state index is -0.157. The van der Waals surface area contributed by atoms with Crippen LogP contribution in [-0.2, 0) is 4.79 Å². The predicted molar refractivity (Wildman–Crippen MR) is 90.8 cm³/mol. The summed E-state index contributed by atoms with van der Waals surface area (Å²) >= 11 is 3.39. The highest BCUT2D eigenvalue weighted by Gasteiger charge is 2.06. The van der Waals surface area contributed by atoms with E-state index in [1.807, 2.05) is 24.3 Å². The number of methoxy groups -OCH3 is 2. The Bertz CT molecular complexity index is 639. The van der Waals surface area contributed by atoms with E-state index in [1.54, 1.807) is 32.4 Å². The summed E-state index contributed by atoms with van der Waals surface area (Å²) in [5.41, 5.74) is 1.49. The van der Waals surface area contributed by atoms with E-state index in [-0.39, 0.29) is 12.5 Å². The number of nitrogens with one attached hydrogen (secondary N) is 2. The number of rotatable bonds is 6. The van der Waals surface area contributed by atoms with E-state index in [4.69, 9.17) is 9.47 Å². The van der Waals surface area contributed by atoms with Gasteiger partial charge in [0.25, 0.3) is 0 Å². The zero-order chi connectivity index (χ0) is 15.9. The summed E-state index contributed by atoms with van der Waals surface area (Å²) in [6.07, 6.45) is 0. The van der Waals surface area contributed by atoms with Gasteiger partial charge in [0, 0.05) is 34.0 Å². The summed E-state index contributed by atoms with van der Waals surface area (Å²) in [6, 6.07) is 12.8. The summed E-state index contributed by atoms with van der Waals surface area (Å²) in [6.45, 7) is 0.163. The van der Waals surface area contributed by atoms with Gasteiger partial charge in [-0.2, -0.15) is 0 Å². The molecule has 0 fully saturated rings. The second-order valence-electron chi connectivity index (χ2n) is 4.51. The monoisotopic (exact) mass is 364 g/mol. The number of ether oxygens (including phenoxy) is 2. The Morgan fingerprint density at radius 3 is 2.32 bits per heavy atom. The molecule has 22 heavy (non-hydrogen) atoms. The molecule has 2 aromatic rings. The van der Waals surface area contributed by atoms with E-state index in [1.165, 1.54) is 0 Å². The molecule has 0 saturated carbocycles. The lowest BCUT2D eigenvalue weighted by atomic mass is 10.2. The van der Waals surface area contributed by atoms with Gasteiger partial charge in [-0.3, -0.25) is 4.79 Å². The number of amides is 1. The van der Waals surface area contributed by atoms with Crippen LogP contribution in [0.1, 0.15) is 0 Å². The van der Waals surface area contributed by atoms with Crippen LogP contribution in [0.3, 0.4) is 0 Å². The molecule has 0 spiro atoms. The van der Waals surface area contributed by atoms with E-state index >= 15 is 0 Å². The zero-order valence-corrected chi connectivity index (χ0v) is 13.9. The van der Waals surface area contributed by atoms with E-state index in [0.717, 1.165) is 10.2 Å². The van der Waals surface area contributed by atoms with Crippen LogP contribution < -0.4 is 20.1 Å². The highest BCUT2D eigenvalue weighted by atomic mass is 79.9. The van der Waals surface area contributed by atoms with Gasteiger partial charge >= 0.3 is 0 Å². The largest absolute Gasteiger partial charge is 0.497 e. The van der Waals surface area contributed by atoms with Crippen LogP contribution in [0.5, 0.6) is 11.5 Å². The van der Waals surface area contributed by atoms with Crippen molar-refractivity contribution in [2.24, 2.45) is 0 Å². The van der Waals surface area contributed by atoms with Gasteiger partial charge in [0.15, 0.2) is 0 Å². The lowest BCUT2D eigenvalue weighted by molar-refractivity contribution is -0.114. The number of carbonyl (C=O) groups is 1. The molecular formula is C16H17BrN2O3. The summed E-state index contributed by atoms with van der Waals surface area (Å²) in [5.74, 6) is 1.08. The Kier molecular flexibility index (Phi) is 5.66. The van der Waals surface area contributed by atoms with Gasteiger partial charge in [0.05, 0.1) is 20.8 Å². The molecule has 0 unspecified atom stereocenters. The number of benzene rings is 2. The third-order valence-corrected chi connectivity index (χ3v) is 3.41. The molecular weight excluding hydrogens is 348 g/mol. The summed E-state index contributed by atoms with van der Waals surface area (Å²) in [4.78, 5) is 12.0. The minimum Gasteiger partial charge on any atom is -0.497 e. The molecule has 1 amide bonds. The fourth-order valence-corrected chi connectivity index (χ4v) is 2.26. The Balaban J connectivity index is 1.97.